The van der Waals surface area contributed by atoms with Crippen molar-refractivity contribution in [2.75, 3.05) is 13.1 Å². The van der Waals surface area contributed by atoms with Crippen LogP contribution in [-0.4, -0.2) is 29.9 Å². The molecule has 0 radical (unpaired) electrons. The fraction of sp³-hybridized carbons (Fsp3) is 0.389. The number of amides is 1. The average molecular weight is 314 g/mol. The zero-order valence-corrected chi connectivity index (χ0v) is 13.7. The summed E-state index contributed by atoms with van der Waals surface area (Å²) in [5, 5.41) is 5.15. The number of nitrogens with zero attached hydrogens (tertiary/aromatic N) is 1. The molecule has 1 aliphatic rings. The van der Waals surface area contributed by atoms with Crippen LogP contribution in [0.2, 0.25) is 0 Å². The Hall–Kier alpha value is -1.65. The number of rotatable bonds is 4. The topological polar surface area (TPSA) is 32.3 Å². The van der Waals surface area contributed by atoms with Crippen molar-refractivity contribution >= 4 is 17.2 Å². The summed E-state index contributed by atoms with van der Waals surface area (Å²) in [5.74, 6) is 0.0853. The molecule has 0 aliphatic carbocycles. The highest BCUT2D eigenvalue weighted by Crippen LogP contribution is 2.26. The molecule has 1 saturated heterocycles. The molecule has 4 heteroatoms. The minimum atomic E-state index is 0.0853. The van der Waals surface area contributed by atoms with Gasteiger partial charge in [0.15, 0.2) is 0 Å². The highest BCUT2D eigenvalue weighted by molar-refractivity contribution is 7.13. The monoisotopic (exact) mass is 314 g/mol. The molecule has 0 bridgehead atoms. The Bertz CT molecular complexity index is 616. The molecule has 2 aromatic rings. The van der Waals surface area contributed by atoms with E-state index >= 15 is 0 Å². The second-order valence-corrected chi connectivity index (χ2v) is 6.88. The number of hydrogen-bond acceptors (Lipinski definition) is 3. The largest absolute Gasteiger partial charge is 0.354 e. The minimum Gasteiger partial charge on any atom is -0.354 e. The van der Waals surface area contributed by atoms with Crippen LogP contribution in [0.25, 0.3) is 10.4 Å². The summed E-state index contributed by atoms with van der Waals surface area (Å²) in [6, 6.07) is 13.4. The number of benzene rings is 1. The average Bonchev–Trinajstić information content (AvgIpc) is 3.03. The Balaban J connectivity index is 1.58. The van der Waals surface area contributed by atoms with Crippen LogP contribution >= 0.6 is 11.3 Å². The van der Waals surface area contributed by atoms with Crippen LogP contribution in [0, 0.1) is 0 Å². The third-order valence-corrected chi connectivity index (χ3v) is 5.05. The molecule has 3 rings (SSSR count). The summed E-state index contributed by atoms with van der Waals surface area (Å²) in [7, 11) is 0. The van der Waals surface area contributed by atoms with Crippen molar-refractivity contribution in [3.63, 3.8) is 0 Å². The van der Waals surface area contributed by atoms with Gasteiger partial charge in [0.05, 0.1) is 0 Å². The molecule has 1 aromatic carbocycles. The third-order valence-electron chi connectivity index (χ3n) is 4.13. The smallest absolute Gasteiger partial charge is 0.217 e. The zero-order chi connectivity index (χ0) is 15.4. The Morgan fingerprint density at radius 1 is 1.27 bits per heavy atom. The zero-order valence-electron chi connectivity index (χ0n) is 12.9. The standard InChI is InChI=1S/C18H22N2OS/c1-14(21)19-17-7-9-20(10-8-17)13-15-4-2-5-16(12-15)18-6-3-11-22-18/h2-6,11-12,17H,7-10,13H2,1H3,(H,19,21). The summed E-state index contributed by atoms with van der Waals surface area (Å²) in [4.78, 5) is 14.9. The van der Waals surface area contributed by atoms with Crippen molar-refractivity contribution in [3.8, 4) is 10.4 Å². The maximum Gasteiger partial charge on any atom is 0.217 e. The normalized spacial score (nSPS) is 16.6. The number of carbonyl (C=O) groups is 1. The highest BCUT2D eigenvalue weighted by atomic mass is 32.1. The summed E-state index contributed by atoms with van der Waals surface area (Å²) >= 11 is 1.78. The fourth-order valence-corrected chi connectivity index (χ4v) is 3.77. The van der Waals surface area contributed by atoms with Crippen molar-refractivity contribution in [1.82, 2.24) is 10.2 Å². The van der Waals surface area contributed by atoms with Gasteiger partial charge < -0.3 is 5.32 Å². The van der Waals surface area contributed by atoms with Crippen LogP contribution in [0.4, 0.5) is 0 Å². The maximum atomic E-state index is 11.1. The van der Waals surface area contributed by atoms with E-state index in [-0.39, 0.29) is 5.91 Å². The highest BCUT2D eigenvalue weighted by Gasteiger charge is 2.19. The van der Waals surface area contributed by atoms with E-state index < -0.39 is 0 Å². The third kappa shape index (κ3) is 3.96. The van der Waals surface area contributed by atoms with E-state index in [1.54, 1.807) is 18.3 Å². The van der Waals surface area contributed by atoms with Crippen molar-refractivity contribution in [1.29, 1.82) is 0 Å². The van der Waals surface area contributed by atoms with Crippen LogP contribution in [0.1, 0.15) is 25.3 Å². The second kappa shape index (κ2) is 7.07. The second-order valence-electron chi connectivity index (χ2n) is 5.93. The number of piperidine rings is 1. The van der Waals surface area contributed by atoms with E-state index in [1.165, 1.54) is 16.0 Å². The van der Waals surface area contributed by atoms with Gasteiger partial charge in [-0.25, -0.2) is 0 Å². The van der Waals surface area contributed by atoms with Gasteiger partial charge in [0, 0.05) is 37.5 Å². The van der Waals surface area contributed by atoms with E-state index in [2.05, 4.69) is 52.0 Å². The molecule has 1 aromatic heterocycles. The predicted octanol–water partition coefficient (Wildman–Crippen LogP) is 3.52. The van der Waals surface area contributed by atoms with Crippen LogP contribution in [0.5, 0.6) is 0 Å². The summed E-state index contributed by atoms with van der Waals surface area (Å²) in [5.41, 5.74) is 2.67. The quantitative estimate of drug-likeness (QED) is 0.936. The van der Waals surface area contributed by atoms with Gasteiger partial charge in [-0.15, -0.1) is 11.3 Å². The molecule has 1 amide bonds. The minimum absolute atomic E-state index is 0.0853. The van der Waals surface area contributed by atoms with Crippen molar-refractivity contribution < 1.29 is 4.79 Å². The van der Waals surface area contributed by atoms with Crippen molar-refractivity contribution in [2.24, 2.45) is 0 Å². The molecule has 2 heterocycles. The first kappa shape index (κ1) is 15.3. The lowest BCUT2D eigenvalue weighted by Crippen LogP contribution is -2.43. The van der Waals surface area contributed by atoms with E-state index in [9.17, 15) is 4.79 Å². The number of nitrogens with one attached hydrogen (secondary N) is 1. The van der Waals surface area contributed by atoms with E-state index in [0.29, 0.717) is 6.04 Å². The van der Waals surface area contributed by atoms with Crippen LogP contribution in [-0.2, 0) is 11.3 Å². The lowest BCUT2D eigenvalue weighted by molar-refractivity contribution is -0.119. The maximum absolute atomic E-state index is 11.1. The number of thiophene rings is 1. The molecule has 0 atom stereocenters. The first-order chi connectivity index (χ1) is 10.7. The Labute approximate surface area is 136 Å². The van der Waals surface area contributed by atoms with Gasteiger partial charge in [0.1, 0.15) is 0 Å². The van der Waals surface area contributed by atoms with Gasteiger partial charge in [-0.3, -0.25) is 9.69 Å². The van der Waals surface area contributed by atoms with Crippen LogP contribution < -0.4 is 5.32 Å². The lowest BCUT2D eigenvalue weighted by Gasteiger charge is -2.32. The van der Waals surface area contributed by atoms with Crippen molar-refractivity contribution in [2.45, 2.75) is 32.4 Å². The van der Waals surface area contributed by atoms with Gasteiger partial charge in [-0.2, -0.15) is 0 Å². The molecular formula is C18H22N2OS. The van der Waals surface area contributed by atoms with Gasteiger partial charge in [-0.05, 0) is 41.5 Å². The predicted molar refractivity (Wildman–Crippen MR) is 91.9 cm³/mol. The SMILES string of the molecule is CC(=O)NC1CCN(Cc2cccc(-c3cccs3)c2)CC1. The lowest BCUT2D eigenvalue weighted by atomic mass is 10.0. The van der Waals surface area contributed by atoms with Gasteiger partial charge in [0.25, 0.3) is 0 Å². The van der Waals surface area contributed by atoms with Crippen LogP contribution in [0.3, 0.4) is 0 Å². The molecule has 22 heavy (non-hydrogen) atoms. The molecule has 1 fully saturated rings. The number of hydrogen-bond donors (Lipinski definition) is 1. The van der Waals surface area contributed by atoms with E-state index in [1.807, 2.05) is 0 Å². The Morgan fingerprint density at radius 2 is 2.09 bits per heavy atom. The molecule has 1 N–H and O–H groups in total. The Morgan fingerprint density at radius 3 is 2.77 bits per heavy atom. The fourth-order valence-electron chi connectivity index (χ4n) is 3.05. The molecular weight excluding hydrogens is 292 g/mol. The van der Waals surface area contributed by atoms with Crippen LogP contribution in [0.15, 0.2) is 41.8 Å². The summed E-state index contributed by atoms with van der Waals surface area (Å²) in [6.45, 7) is 4.69. The van der Waals surface area contributed by atoms with Gasteiger partial charge in [0.2, 0.25) is 5.91 Å². The molecule has 1 aliphatic heterocycles. The summed E-state index contributed by atoms with van der Waals surface area (Å²) in [6.07, 6.45) is 2.09. The number of likely N-dealkylation sites (tertiary alicyclic amines) is 1. The van der Waals surface area contributed by atoms with E-state index in [0.717, 1.165) is 32.5 Å². The first-order valence-corrected chi connectivity index (χ1v) is 8.71. The molecule has 0 saturated carbocycles. The van der Waals surface area contributed by atoms with Crippen molar-refractivity contribution in [3.05, 3.63) is 47.3 Å². The molecule has 116 valence electrons. The molecule has 3 nitrogen and oxygen atoms in total. The Kier molecular flexibility index (Phi) is 4.90. The van der Waals surface area contributed by atoms with Gasteiger partial charge in [-0.1, -0.05) is 24.3 Å². The van der Waals surface area contributed by atoms with E-state index in [4.69, 9.17) is 0 Å². The first-order valence-electron chi connectivity index (χ1n) is 7.83. The molecule has 0 unspecified atom stereocenters. The number of carbonyl (C=O) groups excluding carboxylic acids is 1. The molecule has 0 spiro atoms. The summed E-state index contributed by atoms with van der Waals surface area (Å²) < 4.78 is 0. The van der Waals surface area contributed by atoms with Gasteiger partial charge >= 0.3 is 0 Å².